The van der Waals surface area contributed by atoms with Gasteiger partial charge in [-0.3, -0.25) is 14.2 Å². The van der Waals surface area contributed by atoms with E-state index in [4.69, 9.17) is 5.11 Å². The normalized spacial score (nSPS) is 13.3. The van der Waals surface area contributed by atoms with Gasteiger partial charge in [0.05, 0.1) is 0 Å². The molecule has 1 saturated carbocycles. The third-order valence-corrected chi connectivity index (χ3v) is 3.94. The molecule has 1 aliphatic rings. The lowest BCUT2D eigenvalue weighted by molar-refractivity contribution is -0.116. The van der Waals surface area contributed by atoms with Crippen molar-refractivity contribution in [3.8, 4) is 0 Å². The van der Waals surface area contributed by atoms with Gasteiger partial charge in [-0.1, -0.05) is 6.07 Å². The van der Waals surface area contributed by atoms with Crippen LogP contribution in [0, 0.1) is 0 Å². The predicted molar refractivity (Wildman–Crippen MR) is 94.8 cm³/mol. The number of hydrogen-bond acceptors (Lipinski definition) is 5. The van der Waals surface area contributed by atoms with E-state index in [9.17, 15) is 14.4 Å². The number of aliphatic hydroxyl groups excluding tert-OH is 1. The number of aromatic nitrogens is 2. The van der Waals surface area contributed by atoms with E-state index in [0.717, 1.165) is 12.8 Å². The second-order valence-corrected chi connectivity index (χ2v) is 6.22. The SMILES string of the molecule is O=C(Cn1cc(CCO)cnc1=O)Nc1cccc(C(=O)NC2CC2)c1. The highest BCUT2D eigenvalue weighted by atomic mass is 16.3. The van der Waals surface area contributed by atoms with Gasteiger partial charge in [0.25, 0.3) is 5.91 Å². The molecule has 2 amide bonds. The fraction of sp³-hybridized carbons (Fsp3) is 0.333. The van der Waals surface area contributed by atoms with Gasteiger partial charge in [0.1, 0.15) is 6.54 Å². The summed E-state index contributed by atoms with van der Waals surface area (Å²) in [4.78, 5) is 39.8. The van der Waals surface area contributed by atoms with E-state index < -0.39 is 11.6 Å². The Balaban J connectivity index is 1.65. The Morgan fingerprint density at radius 1 is 1.31 bits per heavy atom. The number of aliphatic hydroxyl groups is 1. The van der Waals surface area contributed by atoms with Crippen LogP contribution in [0.25, 0.3) is 0 Å². The molecule has 136 valence electrons. The van der Waals surface area contributed by atoms with Crippen LogP contribution < -0.4 is 16.3 Å². The molecule has 3 N–H and O–H groups in total. The summed E-state index contributed by atoms with van der Waals surface area (Å²) in [7, 11) is 0. The maximum absolute atomic E-state index is 12.2. The van der Waals surface area contributed by atoms with E-state index in [1.165, 1.54) is 17.0 Å². The molecule has 26 heavy (non-hydrogen) atoms. The average molecular weight is 356 g/mol. The van der Waals surface area contributed by atoms with Crippen molar-refractivity contribution in [1.82, 2.24) is 14.9 Å². The van der Waals surface area contributed by atoms with Crippen molar-refractivity contribution < 1.29 is 14.7 Å². The maximum atomic E-state index is 12.2. The van der Waals surface area contributed by atoms with Gasteiger partial charge >= 0.3 is 5.69 Å². The largest absolute Gasteiger partial charge is 0.396 e. The molecule has 1 heterocycles. The Kier molecular flexibility index (Phi) is 5.43. The number of carbonyl (C=O) groups is 2. The van der Waals surface area contributed by atoms with Crippen molar-refractivity contribution in [3.05, 3.63) is 58.3 Å². The lowest BCUT2D eigenvalue weighted by Crippen LogP contribution is -2.29. The van der Waals surface area contributed by atoms with E-state index in [-0.39, 0.29) is 25.1 Å². The minimum absolute atomic E-state index is 0.0677. The quantitative estimate of drug-likeness (QED) is 0.661. The van der Waals surface area contributed by atoms with E-state index in [1.54, 1.807) is 24.3 Å². The molecule has 0 bridgehead atoms. The second-order valence-electron chi connectivity index (χ2n) is 6.22. The summed E-state index contributed by atoms with van der Waals surface area (Å²) in [6.07, 6.45) is 5.24. The lowest BCUT2D eigenvalue weighted by atomic mass is 10.2. The molecule has 0 unspecified atom stereocenters. The van der Waals surface area contributed by atoms with Crippen molar-refractivity contribution in [2.75, 3.05) is 11.9 Å². The van der Waals surface area contributed by atoms with E-state index >= 15 is 0 Å². The smallest absolute Gasteiger partial charge is 0.347 e. The highest BCUT2D eigenvalue weighted by molar-refractivity contribution is 5.97. The van der Waals surface area contributed by atoms with Crippen LogP contribution in [0.3, 0.4) is 0 Å². The second kappa shape index (κ2) is 7.92. The minimum Gasteiger partial charge on any atom is -0.396 e. The lowest BCUT2D eigenvalue weighted by Gasteiger charge is -2.09. The third-order valence-electron chi connectivity index (χ3n) is 3.94. The first-order chi connectivity index (χ1) is 12.5. The van der Waals surface area contributed by atoms with Crippen molar-refractivity contribution in [3.63, 3.8) is 0 Å². The molecular weight excluding hydrogens is 336 g/mol. The summed E-state index contributed by atoms with van der Waals surface area (Å²) in [5.74, 6) is -0.574. The Hall–Kier alpha value is -3.00. The third kappa shape index (κ3) is 4.76. The molecule has 1 aromatic carbocycles. The van der Waals surface area contributed by atoms with Crippen LogP contribution in [0.5, 0.6) is 0 Å². The average Bonchev–Trinajstić information content (AvgIpc) is 3.42. The number of carbonyl (C=O) groups excluding carboxylic acids is 2. The molecule has 0 saturated heterocycles. The van der Waals surface area contributed by atoms with Crippen LogP contribution in [0.2, 0.25) is 0 Å². The van der Waals surface area contributed by atoms with Crippen molar-refractivity contribution in [1.29, 1.82) is 0 Å². The summed E-state index contributed by atoms with van der Waals surface area (Å²) < 4.78 is 1.18. The van der Waals surface area contributed by atoms with Crippen LogP contribution in [0.4, 0.5) is 5.69 Å². The zero-order valence-electron chi connectivity index (χ0n) is 14.1. The Labute approximate surface area is 149 Å². The van der Waals surface area contributed by atoms with Crippen LogP contribution in [0.15, 0.2) is 41.5 Å². The van der Waals surface area contributed by atoms with Gasteiger partial charge in [-0.15, -0.1) is 0 Å². The zero-order valence-corrected chi connectivity index (χ0v) is 14.1. The minimum atomic E-state index is -0.542. The number of hydrogen-bond donors (Lipinski definition) is 3. The molecule has 1 aromatic heterocycles. The molecule has 2 aromatic rings. The van der Waals surface area contributed by atoms with Crippen molar-refractivity contribution in [2.45, 2.75) is 31.8 Å². The highest BCUT2D eigenvalue weighted by Gasteiger charge is 2.23. The van der Waals surface area contributed by atoms with Crippen LogP contribution in [-0.2, 0) is 17.8 Å². The van der Waals surface area contributed by atoms with Gasteiger partial charge in [-0.05, 0) is 43.0 Å². The zero-order chi connectivity index (χ0) is 18.5. The standard InChI is InChI=1S/C18H20N4O4/c23-7-6-12-9-19-18(26)22(10-12)11-16(24)20-15-3-1-2-13(8-15)17(25)21-14-4-5-14/h1-3,8-10,14,23H,4-7,11H2,(H,20,24)(H,21,25). The maximum Gasteiger partial charge on any atom is 0.347 e. The van der Waals surface area contributed by atoms with Crippen molar-refractivity contribution in [2.24, 2.45) is 0 Å². The number of amides is 2. The van der Waals surface area contributed by atoms with E-state index in [0.29, 0.717) is 23.2 Å². The van der Waals surface area contributed by atoms with Gasteiger partial charge in [0, 0.05) is 36.3 Å². The molecule has 0 aliphatic heterocycles. The number of benzene rings is 1. The first kappa shape index (κ1) is 17.8. The summed E-state index contributed by atoms with van der Waals surface area (Å²) in [6, 6.07) is 6.90. The topological polar surface area (TPSA) is 113 Å². The molecular formula is C18H20N4O4. The predicted octanol–water partition coefficient (Wildman–Crippen LogP) is 0.309. The fourth-order valence-electron chi connectivity index (χ4n) is 2.46. The molecule has 1 fully saturated rings. The molecule has 8 nitrogen and oxygen atoms in total. The van der Waals surface area contributed by atoms with Gasteiger partial charge in [0.15, 0.2) is 0 Å². The molecule has 0 spiro atoms. The molecule has 0 atom stereocenters. The Morgan fingerprint density at radius 2 is 2.12 bits per heavy atom. The molecule has 1 aliphatic carbocycles. The summed E-state index contributed by atoms with van der Waals surface area (Å²) in [5, 5.41) is 14.5. The Bertz CT molecular complexity index is 873. The van der Waals surface area contributed by atoms with Gasteiger partial charge in [0.2, 0.25) is 5.91 Å². The van der Waals surface area contributed by atoms with Gasteiger partial charge < -0.3 is 15.7 Å². The number of anilines is 1. The highest BCUT2D eigenvalue weighted by Crippen LogP contribution is 2.20. The number of rotatable bonds is 7. The number of nitrogens with zero attached hydrogens (tertiary/aromatic N) is 2. The summed E-state index contributed by atoms with van der Waals surface area (Å²) in [6.45, 7) is -0.272. The first-order valence-corrected chi connectivity index (χ1v) is 8.42. The van der Waals surface area contributed by atoms with Crippen molar-refractivity contribution >= 4 is 17.5 Å². The van der Waals surface area contributed by atoms with Crippen LogP contribution >= 0.6 is 0 Å². The summed E-state index contributed by atoms with van der Waals surface area (Å²) in [5.41, 5.74) is 1.07. The van der Waals surface area contributed by atoms with Crippen LogP contribution in [-0.4, -0.2) is 39.1 Å². The monoisotopic (exact) mass is 356 g/mol. The molecule has 0 radical (unpaired) electrons. The first-order valence-electron chi connectivity index (χ1n) is 8.42. The van der Waals surface area contributed by atoms with Crippen LogP contribution in [0.1, 0.15) is 28.8 Å². The summed E-state index contributed by atoms with van der Waals surface area (Å²) >= 11 is 0. The fourth-order valence-corrected chi connectivity index (χ4v) is 2.46. The van der Waals surface area contributed by atoms with E-state index in [2.05, 4.69) is 15.6 Å². The van der Waals surface area contributed by atoms with Gasteiger partial charge in [-0.2, -0.15) is 0 Å². The van der Waals surface area contributed by atoms with Gasteiger partial charge in [-0.25, -0.2) is 9.78 Å². The Morgan fingerprint density at radius 3 is 2.85 bits per heavy atom. The molecule has 8 heteroatoms. The number of nitrogens with one attached hydrogen (secondary N) is 2. The molecule has 3 rings (SSSR count). The van der Waals surface area contributed by atoms with E-state index in [1.807, 2.05) is 0 Å².